The maximum absolute atomic E-state index is 12.6. The first-order valence-corrected chi connectivity index (χ1v) is 20.5. The molecule has 0 aliphatic rings. The van der Waals surface area contributed by atoms with Crippen LogP contribution in [0.25, 0.3) is 0 Å². The molecule has 0 aromatic carbocycles. The van der Waals surface area contributed by atoms with Gasteiger partial charge in [-0.1, -0.05) is 161 Å². The molecule has 0 aromatic heterocycles. The number of phosphoric acid groups is 1. The summed E-state index contributed by atoms with van der Waals surface area (Å²) in [5.41, 5.74) is 0. The number of hydrogen-bond acceptors (Lipinski definition) is 6. The molecule has 0 aromatic rings. The van der Waals surface area contributed by atoms with Crippen LogP contribution in [0, 0.1) is 0 Å². The molecule has 0 heterocycles. The smallest absolute Gasteiger partial charge is 0.268 e. The Labute approximate surface area is 284 Å². The van der Waals surface area contributed by atoms with E-state index < -0.39 is 20.0 Å². The monoisotopic (exact) mass is 675 g/mol. The lowest BCUT2D eigenvalue weighted by Crippen LogP contribution is -2.45. The molecule has 0 saturated carbocycles. The quantitative estimate of drug-likeness (QED) is 0.0305. The molecule has 0 bridgehead atoms. The number of carbonyl (C=O) groups is 1. The molecule has 0 radical (unpaired) electrons. The molecule has 8 nitrogen and oxygen atoms in total. The Kier molecular flexibility index (Phi) is 29.8. The molecule has 3 atom stereocenters. The van der Waals surface area contributed by atoms with Crippen molar-refractivity contribution in [2.24, 2.45) is 0 Å². The number of phosphoric ester groups is 1. The predicted molar refractivity (Wildman–Crippen MR) is 192 cm³/mol. The van der Waals surface area contributed by atoms with E-state index >= 15 is 0 Å². The highest BCUT2D eigenvalue weighted by Gasteiger charge is 2.23. The molecule has 0 rings (SSSR count). The van der Waals surface area contributed by atoms with E-state index in [4.69, 9.17) is 9.05 Å². The Morgan fingerprint density at radius 1 is 0.739 bits per heavy atom. The number of amides is 1. The number of allylic oxidation sites excluding steroid dienone is 1. The van der Waals surface area contributed by atoms with E-state index in [9.17, 15) is 19.4 Å². The van der Waals surface area contributed by atoms with Gasteiger partial charge in [0.1, 0.15) is 13.2 Å². The number of unbranched alkanes of at least 4 members (excludes halogenated alkanes) is 21. The van der Waals surface area contributed by atoms with Crippen molar-refractivity contribution < 1.29 is 32.9 Å². The SMILES string of the molecule is CCC/C=C/C(O)C(COP(=O)([O-])OCC[N+](C)(C)C)NC(=O)CCCCCCCCCCCCCCCCCCCCCCC. The molecule has 0 aliphatic carbocycles. The second kappa shape index (κ2) is 30.3. The third kappa shape index (κ3) is 31.8. The summed E-state index contributed by atoms with van der Waals surface area (Å²) in [7, 11) is 1.26. The fraction of sp³-hybridized carbons (Fsp3) is 0.919. The molecule has 0 fully saturated rings. The highest BCUT2D eigenvalue weighted by molar-refractivity contribution is 7.45. The summed E-state index contributed by atoms with van der Waals surface area (Å²) in [5, 5.41) is 13.4. The maximum atomic E-state index is 12.6. The van der Waals surface area contributed by atoms with Crippen LogP contribution in [0.5, 0.6) is 0 Å². The number of rotatable bonds is 34. The second-order valence-electron chi connectivity index (χ2n) is 14.3. The molecule has 0 spiro atoms. The van der Waals surface area contributed by atoms with Crippen molar-refractivity contribution in [1.82, 2.24) is 5.32 Å². The van der Waals surface area contributed by atoms with Crippen LogP contribution in [0.15, 0.2) is 12.2 Å². The van der Waals surface area contributed by atoms with Crippen molar-refractivity contribution in [3.63, 3.8) is 0 Å². The molecule has 1 amide bonds. The average molecular weight is 675 g/mol. The average Bonchev–Trinajstić information content (AvgIpc) is 2.99. The van der Waals surface area contributed by atoms with E-state index in [1.54, 1.807) is 6.08 Å². The van der Waals surface area contributed by atoms with Gasteiger partial charge in [0.2, 0.25) is 5.91 Å². The van der Waals surface area contributed by atoms with Crippen LogP contribution in [0.1, 0.15) is 168 Å². The summed E-state index contributed by atoms with van der Waals surface area (Å²) in [6.45, 7) is 4.43. The molecule has 274 valence electrons. The zero-order chi connectivity index (χ0) is 34.4. The van der Waals surface area contributed by atoms with E-state index in [1.807, 2.05) is 34.1 Å². The van der Waals surface area contributed by atoms with Crippen molar-refractivity contribution in [3.8, 4) is 0 Å². The van der Waals surface area contributed by atoms with E-state index in [0.29, 0.717) is 17.4 Å². The van der Waals surface area contributed by atoms with Gasteiger partial charge in [-0.05, 0) is 12.8 Å². The standard InChI is InChI=1S/C37H75N2O6P/c1-6-8-10-11-12-13-14-15-16-17-18-19-20-21-22-23-24-25-26-27-29-31-37(41)38-35(36(40)30-28-9-7-2)34-45-46(42,43)44-33-32-39(3,4)5/h28,30,35-36,40H,6-27,29,31-34H2,1-5H3,(H-,38,41,42,43)/b30-28+. The maximum Gasteiger partial charge on any atom is 0.268 e. The van der Waals surface area contributed by atoms with E-state index in [0.717, 1.165) is 32.1 Å². The number of nitrogens with zero attached hydrogens (tertiary/aromatic N) is 1. The first-order valence-electron chi connectivity index (χ1n) is 19.1. The van der Waals surface area contributed by atoms with Crippen LogP contribution >= 0.6 is 7.82 Å². The normalized spacial score (nSPS) is 14.8. The van der Waals surface area contributed by atoms with Crippen molar-refractivity contribution in [2.45, 2.75) is 180 Å². The molecule has 9 heteroatoms. The van der Waals surface area contributed by atoms with Gasteiger partial charge in [-0.15, -0.1) is 0 Å². The Hall–Kier alpha value is -0.760. The van der Waals surface area contributed by atoms with Gasteiger partial charge in [-0.3, -0.25) is 9.36 Å². The minimum Gasteiger partial charge on any atom is -0.756 e. The van der Waals surface area contributed by atoms with Crippen molar-refractivity contribution >= 4 is 13.7 Å². The lowest BCUT2D eigenvalue weighted by Gasteiger charge is -2.29. The summed E-state index contributed by atoms with van der Waals surface area (Å²) in [6.07, 6.45) is 32.0. The van der Waals surface area contributed by atoms with Crippen LogP contribution in [0.2, 0.25) is 0 Å². The first-order chi connectivity index (χ1) is 22.0. The van der Waals surface area contributed by atoms with Gasteiger partial charge in [0.25, 0.3) is 7.82 Å². The summed E-state index contributed by atoms with van der Waals surface area (Å²) >= 11 is 0. The Morgan fingerprint density at radius 3 is 1.59 bits per heavy atom. The molecule has 0 aliphatic heterocycles. The van der Waals surface area contributed by atoms with E-state index in [-0.39, 0.29) is 19.1 Å². The first kappa shape index (κ1) is 45.2. The highest BCUT2D eigenvalue weighted by Crippen LogP contribution is 2.38. The Balaban J connectivity index is 3.96. The number of aliphatic hydroxyl groups is 1. The van der Waals surface area contributed by atoms with Gasteiger partial charge in [-0.2, -0.15) is 0 Å². The van der Waals surface area contributed by atoms with Crippen LogP contribution in [0.4, 0.5) is 0 Å². The lowest BCUT2D eigenvalue weighted by atomic mass is 10.0. The number of quaternary nitrogens is 1. The van der Waals surface area contributed by atoms with Gasteiger partial charge in [-0.25, -0.2) is 0 Å². The van der Waals surface area contributed by atoms with Crippen LogP contribution in [0.3, 0.4) is 0 Å². The zero-order valence-electron chi connectivity index (χ0n) is 30.8. The van der Waals surface area contributed by atoms with Gasteiger partial charge in [0, 0.05) is 6.42 Å². The summed E-state index contributed by atoms with van der Waals surface area (Å²) < 4.78 is 22.8. The third-order valence-corrected chi connectivity index (χ3v) is 9.44. The Bertz CT molecular complexity index is 773. The minimum atomic E-state index is -4.55. The molecule has 2 N–H and O–H groups in total. The number of hydrogen-bond donors (Lipinski definition) is 2. The highest BCUT2D eigenvalue weighted by atomic mass is 31.2. The summed E-state index contributed by atoms with van der Waals surface area (Å²) in [6, 6.07) is -0.875. The van der Waals surface area contributed by atoms with Crippen molar-refractivity contribution in [3.05, 3.63) is 12.2 Å². The van der Waals surface area contributed by atoms with Crippen LogP contribution in [-0.4, -0.2) is 68.5 Å². The fourth-order valence-electron chi connectivity index (χ4n) is 5.39. The molecule has 46 heavy (non-hydrogen) atoms. The van der Waals surface area contributed by atoms with Crippen molar-refractivity contribution in [2.75, 3.05) is 40.9 Å². The minimum absolute atomic E-state index is 0.000262. The molecular formula is C37H75N2O6P. The van der Waals surface area contributed by atoms with Crippen molar-refractivity contribution in [1.29, 1.82) is 0 Å². The van der Waals surface area contributed by atoms with Gasteiger partial charge in [0.05, 0.1) is 39.9 Å². The number of nitrogens with one attached hydrogen (secondary N) is 1. The van der Waals surface area contributed by atoms with Crippen LogP contribution < -0.4 is 10.2 Å². The lowest BCUT2D eigenvalue weighted by molar-refractivity contribution is -0.870. The molecule has 3 unspecified atom stereocenters. The molecular weight excluding hydrogens is 599 g/mol. The Morgan fingerprint density at radius 2 is 1.17 bits per heavy atom. The topological polar surface area (TPSA) is 108 Å². The van der Waals surface area contributed by atoms with E-state index in [2.05, 4.69) is 12.2 Å². The molecule has 0 saturated heterocycles. The van der Waals surface area contributed by atoms with Crippen LogP contribution in [-0.2, 0) is 18.4 Å². The van der Waals surface area contributed by atoms with E-state index in [1.165, 1.54) is 116 Å². The van der Waals surface area contributed by atoms with Gasteiger partial charge in [0.15, 0.2) is 0 Å². The fourth-order valence-corrected chi connectivity index (χ4v) is 6.12. The van der Waals surface area contributed by atoms with Gasteiger partial charge >= 0.3 is 0 Å². The number of aliphatic hydroxyl groups excluding tert-OH is 1. The zero-order valence-corrected chi connectivity index (χ0v) is 31.7. The largest absolute Gasteiger partial charge is 0.756 e. The predicted octanol–water partition coefficient (Wildman–Crippen LogP) is 9.00. The summed E-state index contributed by atoms with van der Waals surface area (Å²) in [5.74, 6) is -0.207. The number of likely N-dealkylation sites (N-methyl/N-ethyl adjacent to an activating group) is 1. The summed E-state index contributed by atoms with van der Waals surface area (Å²) in [4.78, 5) is 24.8. The second-order valence-corrected chi connectivity index (χ2v) is 15.7. The van der Waals surface area contributed by atoms with Gasteiger partial charge < -0.3 is 28.8 Å². The number of carbonyl (C=O) groups excluding carboxylic acids is 1. The third-order valence-electron chi connectivity index (χ3n) is 8.48.